The molecule has 84 valence electrons. The topological polar surface area (TPSA) is 3.24 Å². The van der Waals surface area contributed by atoms with Crippen molar-refractivity contribution < 1.29 is 0 Å². The van der Waals surface area contributed by atoms with Gasteiger partial charge in [-0.2, -0.15) is 0 Å². The van der Waals surface area contributed by atoms with Gasteiger partial charge in [-0.15, -0.1) is 0 Å². The van der Waals surface area contributed by atoms with Gasteiger partial charge in [0.25, 0.3) is 0 Å². The van der Waals surface area contributed by atoms with Crippen LogP contribution in [0, 0.1) is 11.8 Å². The highest BCUT2D eigenvalue weighted by Crippen LogP contribution is 2.45. The molecule has 0 heterocycles. The molecule has 0 aromatic carbocycles. The molecule has 0 aromatic heterocycles. The summed E-state index contributed by atoms with van der Waals surface area (Å²) in [6.07, 6.45) is 4.63. The minimum atomic E-state index is 0.0336. The van der Waals surface area contributed by atoms with Crippen LogP contribution in [0.5, 0.6) is 0 Å². The van der Waals surface area contributed by atoms with Crippen LogP contribution in [0.1, 0.15) is 32.6 Å². The summed E-state index contributed by atoms with van der Waals surface area (Å²) in [6, 6.07) is 0. The first kappa shape index (κ1) is 13.2. The van der Waals surface area contributed by atoms with E-state index < -0.39 is 0 Å². The van der Waals surface area contributed by atoms with Gasteiger partial charge in [-0.25, -0.2) is 0 Å². The Labute approximate surface area is 101 Å². The molecule has 3 atom stereocenters. The molecular weight excluding hydrogens is 201 g/mol. The van der Waals surface area contributed by atoms with Crippen molar-refractivity contribution in [3.8, 4) is 0 Å². The van der Waals surface area contributed by atoms with Gasteiger partial charge in [-0.3, -0.25) is 0 Å². The van der Waals surface area contributed by atoms with E-state index in [9.17, 15) is 0 Å². The smallest absolute Gasteiger partial charge is 0.0742 e. The molecule has 1 nitrogen and oxygen atoms in total. The maximum absolute atomic E-state index is 6.23. The van der Waals surface area contributed by atoms with E-state index in [2.05, 4.69) is 25.9 Å². The van der Waals surface area contributed by atoms with Crippen LogP contribution in [0.4, 0.5) is 0 Å². The van der Waals surface area contributed by atoms with Crippen molar-refractivity contribution in [1.82, 2.24) is 4.90 Å². The number of rotatable bonds is 4. The van der Waals surface area contributed by atoms with E-state index in [1.807, 2.05) is 5.37 Å². The third-order valence-electron chi connectivity index (χ3n) is 3.50. The molecule has 2 radical (unpaired) electrons. The molecule has 15 heavy (non-hydrogen) atoms. The maximum Gasteiger partial charge on any atom is 0.0742 e. The van der Waals surface area contributed by atoms with Crippen LogP contribution < -0.4 is 0 Å². The highest BCUT2D eigenvalue weighted by atomic mass is 32.1. The fourth-order valence-corrected chi connectivity index (χ4v) is 2.86. The van der Waals surface area contributed by atoms with Crippen LogP contribution in [-0.4, -0.2) is 38.8 Å². The lowest BCUT2D eigenvalue weighted by molar-refractivity contribution is 0.222. The summed E-state index contributed by atoms with van der Waals surface area (Å²) in [5.74, 6) is 1.30. The lowest BCUT2D eigenvalue weighted by Gasteiger charge is -2.40. The first-order chi connectivity index (χ1) is 6.94. The minimum Gasteiger partial charge on any atom is -0.309 e. The predicted octanol–water partition coefficient (Wildman–Crippen LogP) is 2.70. The molecule has 3 heteroatoms. The van der Waals surface area contributed by atoms with Crippen molar-refractivity contribution in [2.45, 2.75) is 37.9 Å². The number of hydrogen-bond donors (Lipinski definition) is 0. The Morgan fingerprint density at radius 2 is 2.20 bits per heavy atom. The highest BCUT2D eigenvalue weighted by Gasteiger charge is 2.32. The molecular formula is C12H22BNS. The van der Waals surface area contributed by atoms with E-state index in [0.717, 1.165) is 19.4 Å². The van der Waals surface area contributed by atoms with Gasteiger partial charge in [0.15, 0.2) is 0 Å². The third-order valence-corrected chi connectivity index (χ3v) is 3.85. The average molecular weight is 223 g/mol. The van der Waals surface area contributed by atoms with Crippen LogP contribution in [-0.2, 0) is 0 Å². The number of thiocarbonyl (C=S) groups is 1. The van der Waals surface area contributed by atoms with E-state index in [0.29, 0.717) is 11.8 Å². The Morgan fingerprint density at radius 3 is 2.73 bits per heavy atom. The van der Waals surface area contributed by atoms with Crippen molar-refractivity contribution in [2.24, 2.45) is 11.8 Å². The monoisotopic (exact) mass is 223 g/mol. The van der Waals surface area contributed by atoms with E-state index in [4.69, 9.17) is 20.1 Å². The van der Waals surface area contributed by atoms with Crippen molar-refractivity contribution >= 4 is 25.4 Å². The lowest BCUT2D eigenvalue weighted by Crippen LogP contribution is -2.30. The quantitative estimate of drug-likeness (QED) is 0.532. The van der Waals surface area contributed by atoms with Gasteiger partial charge in [-0.05, 0) is 50.7 Å². The van der Waals surface area contributed by atoms with E-state index >= 15 is 0 Å². The van der Waals surface area contributed by atoms with Crippen molar-refractivity contribution in [3.63, 3.8) is 0 Å². The standard InChI is InChI=1S/C12H22BNS/c1-12(13)6-4-11(9-15)10(8-12)5-7-14(2)3/h9-11H,4-8H2,1-3H3. The van der Waals surface area contributed by atoms with Crippen LogP contribution in [0.2, 0.25) is 5.31 Å². The molecule has 0 saturated heterocycles. The normalized spacial score (nSPS) is 36.8. The van der Waals surface area contributed by atoms with Gasteiger partial charge in [0, 0.05) is 0 Å². The fourth-order valence-electron chi connectivity index (χ4n) is 2.50. The molecule has 0 aliphatic heterocycles. The van der Waals surface area contributed by atoms with Gasteiger partial charge in [-0.1, -0.05) is 37.3 Å². The molecule has 0 aromatic rings. The number of hydrogen-bond acceptors (Lipinski definition) is 2. The SMILES string of the molecule is [B]C1(C)CCC(C=S)C(CCN(C)C)C1. The predicted molar refractivity (Wildman–Crippen MR) is 71.8 cm³/mol. The Hall–Kier alpha value is 0.115. The summed E-state index contributed by atoms with van der Waals surface area (Å²) in [5.41, 5.74) is 0. The summed E-state index contributed by atoms with van der Waals surface area (Å²) in [6.45, 7) is 3.32. The molecule has 1 aliphatic carbocycles. The number of nitrogens with zero attached hydrogens (tertiary/aromatic N) is 1. The van der Waals surface area contributed by atoms with Gasteiger partial charge >= 0.3 is 0 Å². The highest BCUT2D eigenvalue weighted by molar-refractivity contribution is 7.79. The molecule has 0 spiro atoms. The average Bonchev–Trinajstić information content (AvgIpc) is 2.13. The van der Waals surface area contributed by atoms with Gasteiger partial charge in [0.2, 0.25) is 0 Å². The second kappa shape index (κ2) is 5.45. The Bertz CT molecular complexity index is 216. The van der Waals surface area contributed by atoms with Gasteiger partial charge in [0.1, 0.15) is 0 Å². The van der Waals surface area contributed by atoms with Gasteiger partial charge in [0.05, 0.1) is 7.85 Å². The van der Waals surface area contributed by atoms with Crippen molar-refractivity contribution in [3.05, 3.63) is 0 Å². The van der Waals surface area contributed by atoms with E-state index in [1.165, 1.54) is 12.8 Å². The van der Waals surface area contributed by atoms with E-state index in [-0.39, 0.29) is 5.31 Å². The third kappa shape index (κ3) is 4.24. The van der Waals surface area contributed by atoms with E-state index in [1.54, 1.807) is 0 Å². The fraction of sp³-hybridized carbons (Fsp3) is 0.917. The maximum atomic E-state index is 6.23. The van der Waals surface area contributed by atoms with Crippen molar-refractivity contribution in [1.29, 1.82) is 0 Å². The van der Waals surface area contributed by atoms with Crippen LogP contribution >= 0.6 is 12.2 Å². The van der Waals surface area contributed by atoms with Crippen LogP contribution in [0.15, 0.2) is 0 Å². The van der Waals surface area contributed by atoms with Crippen LogP contribution in [0.25, 0.3) is 0 Å². The lowest BCUT2D eigenvalue weighted by atomic mass is 9.56. The molecule has 0 N–H and O–H groups in total. The Morgan fingerprint density at radius 1 is 1.53 bits per heavy atom. The molecule has 1 saturated carbocycles. The second-order valence-corrected chi connectivity index (χ2v) is 5.82. The second-order valence-electron chi connectivity index (χ2n) is 5.55. The summed E-state index contributed by atoms with van der Waals surface area (Å²) < 4.78 is 0. The summed E-state index contributed by atoms with van der Waals surface area (Å²) >= 11 is 5.12. The summed E-state index contributed by atoms with van der Waals surface area (Å²) in [5, 5.41) is 2.00. The first-order valence-electron chi connectivity index (χ1n) is 5.83. The zero-order valence-electron chi connectivity index (χ0n) is 10.2. The molecule has 1 aliphatic rings. The molecule has 0 bridgehead atoms. The molecule has 3 unspecified atom stereocenters. The summed E-state index contributed by atoms with van der Waals surface area (Å²) in [4.78, 5) is 2.24. The van der Waals surface area contributed by atoms with Crippen molar-refractivity contribution in [2.75, 3.05) is 20.6 Å². The molecule has 1 fully saturated rings. The zero-order chi connectivity index (χ0) is 11.5. The first-order valence-corrected chi connectivity index (χ1v) is 6.30. The Balaban J connectivity index is 2.51. The summed E-state index contributed by atoms with van der Waals surface area (Å²) in [7, 11) is 10.5. The Kier molecular flexibility index (Phi) is 4.79. The molecule has 1 rings (SSSR count). The van der Waals surface area contributed by atoms with Gasteiger partial charge < -0.3 is 4.90 Å². The largest absolute Gasteiger partial charge is 0.309 e. The molecule has 0 amide bonds. The minimum absolute atomic E-state index is 0.0336. The zero-order valence-corrected chi connectivity index (χ0v) is 11.0. The van der Waals surface area contributed by atoms with Crippen LogP contribution in [0.3, 0.4) is 0 Å².